The smallest absolute Gasteiger partial charge is 0.223 e. The molecule has 1 rings (SSSR count). The number of hydrogen-bond donors (Lipinski definition) is 1. The van der Waals surface area contributed by atoms with E-state index < -0.39 is 0 Å². The zero-order valence-corrected chi connectivity index (χ0v) is 11.3. The van der Waals surface area contributed by atoms with E-state index in [0.717, 1.165) is 12.7 Å². The van der Waals surface area contributed by atoms with Crippen LogP contribution in [0.25, 0.3) is 0 Å². The van der Waals surface area contributed by atoms with E-state index in [4.69, 9.17) is 9.47 Å². The van der Waals surface area contributed by atoms with Crippen molar-refractivity contribution in [2.75, 3.05) is 20.3 Å². The Hall–Kier alpha value is -2.04. The summed E-state index contributed by atoms with van der Waals surface area (Å²) in [7, 11) is 1.57. The minimum absolute atomic E-state index is 0.106. The molecule has 0 aliphatic rings. The maximum absolute atomic E-state index is 11.1. The van der Waals surface area contributed by atoms with Gasteiger partial charge in [-0.25, -0.2) is 0 Å². The van der Waals surface area contributed by atoms with Crippen LogP contribution in [-0.4, -0.2) is 32.5 Å². The van der Waals surface area contributed by atoms with Crippen LogP contribution in [0, 0.1) is 0 Å². The van der Waals surface area contributed by atoms with E-state index in [1.807, 2.05) is 6.92 Å². The summed E-state index contributed by atoms with van der Waals surface area (Å²) >= 11 is 0. The van der Waals surface area contributed by atoms with Gasteiger partial charge in [0.15, 0.2) is 6.29 Å². The number of amides is 1. The fourth-order valence-corrected chi connectivity index (χ4v) is 1.43. The SMILES string of the molecule is CCCOc1ccc(C=O)c(OCCC(=O)NC)c1. The van der Waals surface area contributed by atoms with Crippen molar-refractivity contribution in [3.63, 3.8) is 0 Å². The minimum atomic E-state index is -0.106. The molecule has 1 aromatic rings. The molecule has 0 aliphatic heterocycles. The fraction of sp³-hybridized carbons (Fsp3) is 0.429. The molecule has 1 N–H and O–H groups in total. The van der Waals surface area contributed by atoms with Gasteiger partial charge in [0.05, 0.1) is 25.2 Å². The van der Waals surface area contributed by atoms with Crippen LogP contribution < -0.4 is 14.8 Å². The highest BCUT2D eigenvalue weighted by atomic mass is 16.5. The van der Waals surface area contributed by atoms with Gasteiger partial charge in [0.2, 0.25) is 5.91 Å². The molecule has 0 aromatic heterocycles. The van der Waals surface area contributed by atoms with Crippen molar-refractivity contribution in [2.45, 2.75) is 19.8 Å². The van der Waals surface area contributed by atoms with Crippen LogP contribution in [0.5, 0.6) is 11.5 Å². The van der Waals surface area contributed by atoms with Crippen molar-refractivity contribution in [1.29, 1.82) is 0 Å². The number of carbonyl (C=O) groups excluding carboxylic acids is 2. The molecule has 5 heteroatoms. The highest BCUT2D eigenvalue weighted by molar-refractivity contribution is 5.80. The number of ether oxygens (including phenoxy) is 2. The summed E-state index contributed by atoms with van der Waals surface area (Å²) in [6.07, 6.45) is 1.87. The molecule has 0 saturated heterocycles. The molecule has 19 heavy (non-hydrogen) atoms. The summed E-state index contributed by atoms with van der Waals surface area (Å²) in [6.45, 7) is 2.84. The summed E-state index contributed by atoms with van der Waals surface area (Å²) in [4.78, 5) is 22.0. The molecule has 1 aromatic carbocycles. The quantitative estimate of drug-likeness (QED) is 0.728. The van der Waals surface area contributed by atoms with Gasteiger partial charge in [-0.15, -0.1) is 0 Å². The third kappa shape index (κ3) is 4.99. The monoisotopic (exact) mass is 265 g/mol. The van der Waals surface area contributed by atoms with Gasteiger partial charge < -0.3 is 14.8 Å². The van der Waals surface area contributed by atoms with Crippen molar-refractivity contribution in [3.05, 3.63) is 23.8 Å². The number of carbonyl (C=O) groups is 2. The van der Waals surface area contributed by atoms with Crippen LogP contribution in [0.2, 0.25) is 0 Å². The molecule has 104 valence electrons. The normalized spacial score (nSPS) is 9.79. The van der Waals surface area contributed by atoms with E-state index in [9.17, 15) is 9.59 Å². The molecule has 0 atom stereocenters. The standard InChI is InChI=1S/C14H19NO4/c1-3-7-18-12-5-4-11(10-16)13(9-12)19-8-6-14(17)15-2/h4-5,9-10H,3,6-8H2,1-2H3,(H,15,17). The van der Waals surface area contributed by atoms with Crippen molar-refractivity contribution >= 4 is 12.2 Å². The van der Waals surface area contributed by atoms with E-state index >= 15 is 0 Å². The zero-order chi connectivity index (χ0) is 14.1. The molecule has 0 radical (unpaired) electrons. The Balaban J connectivity index is 2.67. The third-order valence-corrected chi connectivity index (χ3v) is 2.45. The Morgan fingerprint density at radius 1 is 1.32 bits per heavy atom. The summed E-state index contributed by atoms with van der Waals surface area (Å²) in [5.41, 5.74) is 0.445. The molecule has 0 fully saturated rings. The summed E-state index contributed by atoms with van der Waals surface area (Å²) in [5, 5.41) is 2.51. The van der Waals surface area contributed by atoms with Crippen molar-refractivity contribution < 1.29 is 19.1 Å². The van der Waals surface area contributed by atoms with Crippen LogP contribution in [0.3, 0.4) is 0 Å². The maximum atomic E-state index is 11.1. The van der Waals surface area contributed by atoms with Crippen LogP contribution in [0.4, 0.5) is 0 Å². The zero-order valence-electron chi connectivity index (χ0n) is 11.3. The molecule has 5 nitrogen and oxygen atoms in total. The highest BCUT2D eigenvalue weighted by Crippen LogP contribution is 2.24. The van der Waals surface area contributed by atoms with E-state index in [-0.39, 0.29) is 18.9 Å². The summed E-state index contributed by atoms with van der Waals surface area (Å²) in [5.74, 6) is 0.987. The Morgan fingerprint density at radius 3 is 2.74 bits per heavy atom. The number of hydrogen-bond acceptors (Lipinski definition) is 4. The van der Waals surface area contributed by atoms with Gasteiger partial charge >= 0.3 is 0 Å². The Kier molecular flexibility index (Phi) is 6.43. The van der Waals surface area contributed by atoms with Crippen molar-refractivity contribution in [3.8, 4) is 11.5 Å². The van der Waals surface area contributed by atoms with Gasteiger partial charge in [0, 0.05) is 13.1 Å². The van der Waals surface area contributed by atoms with Crippen LogP contribution >= 0.6 is 0 Å². The number of aldehydes is 1. The minimum Gasteiger partial charge on any atom is -0.493 e. The largest absolute Gasteiger partial charge is 0.493 e. The van der Waals surface area contributed by atoms with Gasteiger partial charge in [-0.3, -0.25) is 9.59 Å². The topological polar surface area (TPSA) is 64.6 Å². The van der Waals surface area contributed by atoms with Gasteiger partial charge in [0.25, 0.3) is 0 Å². The maximum Gasteiger partial charge on any atom is 0.223 e. The Bertz CT molecular complexity index is 431. The lowest BCUT2D eigenvalue weighted by Gasteiger charge is -2.11. The van der Waals surface area contributed by atoms with E-state index in [1.54, 1.807) is 25.2 Å². The molecule has 0 saturated carbocycles. The molecular formula is C14H19NO4. The predicted molar refractivity (Wildman–Crippen MR) is 71.8 cm³/mol. The van der Waals surface area contributed by atoms with Crippen LogP contribution in [0.1, 0.15) is 30.1 Å². The van der Waals surface area contributed by atoms with E-state index in [0.29, 0.717) is 23.7 Å². The molecular weight excluding hydrogens is 246 g/mol. The van der Waals surface area contributed by atoms with Gasteiger partial charge in [0.1, 0.15) is 11.5 Å². The lowest BCUT2D eigenvalue weighted by atomic mass is 10.2. The second kappa shape index (κ2) is 8.13. The fourth-order valence-electron chi connectivity index (χ4n) is 1.43. The van der Waals surface area contributed by atoms with Crippen LogP contribution in [0.15, 0.2) is 18.2 Å². The lowest BCUT2D eigenvalue weighted by Crippen LogP contribution is -2.20. The molecule has 1 amide bonds. The third-order valence-electron chi connectivity index (χ3n) is 2.45. The summed E-state index contributed by atoms with van der Waals surface area (Å²) in [6, 6.07) is 5.04. The molecule has 0 spiro atoms. The van der Waals surface area contributed by atoms with E-state index in [2.05, 4.69) is 5.32 Å². The molecule has 0 bridgehead atoms. The second-order valence-electron chi connectivity index (χ2n) is 3.94. The first kappa shape index (κ1) is 15.0. The lowest BCUT2D eigenvalue weighted by molar-refractivity contribution is -0.121. The molecule has 0 unspecified atom stereocenters. The van der Waals surface area contributed by atoms with Gasteiger partial charge in [-0.05, 0) is 18.6 Å². The average molecular weight is 265 g/mol. The predicted octanol–water partition coefficient (Wildman–Crippen LogP) is 1.80. The average Bonchev–Trinajstić information content (AvgIpc) is 2.45. The first-order chi connectivity index (χ1) is 9.21. The summed E-state index contributed by atoms with van der Waals surface area (Å²) < 4.78 is 10.9. The number of nitrogens with one attached hydrogen (secondary N) is 1. The number of benzene rings is 1. The van der Waals surface area contributed by atoms with E-state index in [1.165, 1.54) is 0 Å². The Morgan fingerprint density at radius 2 is 2.11 bits per heavy atom. The Labute approximate surface area is 112 Å². The first-order valence-corrected chi connectivity index (χ1v) is 6.26. The van der Waals surface area contributed by atoms with Crippen molar-refractivity contribution in [2.24, 2.45) is 0 Å². The molecule has 0 aliphatic carbocycles. The van der Waals surface area contributed by atoms with Gasteiger partial charge in [-0.2, -0.15) is 0 Å². The second-order valence-corrected chi connectivity index (χ2v) is 3.94. The number of rotatable bonds is 8. The van der Waals surface area contributed by atoms with Crippen LogP contribution in [-0.2, 0) is 4.79 Å². The molecule has 0 heterocycles. The first-order valence-electron chi connectivity index (χ1n) is 6.26. The highest BCUT2D eigenvalue weighted by Gasteiger charge is 2.06. The van der Waals surface area contributed by atoms with Gasteiger partial charge in [-0.1, -0.05) is 6.92 Å². The van der Waals surface area contributed by atoms with Crippen molar-refractivity contribution in [1.82, 2.24) is 5.32 Å².